The molecule has 0 aromatic rings. The minimum Gasteiger partial charge on any atom is -0.335 e. The summed E-state index contributed by atoms with van der Waals surface area (Å²) < 4.78 is 0. The molecule has 4 nitrogen and oxygen atoms in total. The van der Waals surface area contributed by atoms with Gasteiger partial charge in [0.1, 0.15) is 0 Å². The van der Waals surface area contributed by atoms with E-state index in [0.717, 1.165) is 30.6 Å². The standard InChI is InChI=1S/C22H37N3O/c1-2-6-25-19-4-3-5-20(25)11-18(10-19)23-21(26)24-22-12-15-7-16(13-22)9-17(8-15)14-22/h15-20H,2-14H2,1H3,(H2,23,24,26)/t15?,16?,17?,18?,19-,20+,22?. The van der Waals surface area contributed by atoms with Gasteiger partial charge in [0.25, 0.3) is 0 Å². The molecule has 2 heterocycles. The maximum atomic E-state index is 12.9. The molecule has 6 aliphatic rings. The number of amides is 2. The summed E-state index contributed by atoms with van der Waals surface area (Å²) in [7, 11) is 0. The molecular weight excluding hydrogens is 322 g/mol. The van der Waals surface area contributed by atoms with Crippen LogP contribution in [0.1, 0.15) is 84.0 Å². The van der Waals surface area contributed by atoms with Gasteiger partial charge in [-0.05, 0) is 94.9 Å². The third-order valence-electron chi connectivity index (χ3n) is 8.36. The first-order chi connectivity index (χ1) is 12.6. The van der Waals surface area contributed by atoms with E-state index in [4.69, 9.17) is 0 Å². The molecule has 6 fully saturated rings. The molecule has 2 N–H and O–H groups in total. The van der Waals surface area contributed by atoms with Crippen molar-refractivity contribution in [3.63, 3.8) is 0 Å². The van der Waals surface area contributed by atoms with E-state index in [1.807, 2.05) is 0 Å². The first kappa shape index (κ1) is 17.3. The van der Waals surface area contributed by atoms with Crippen LogP contribution in [0, 0.1) is 17.8 Å². The molecule has 3 atom stereocenters. The Kier molecular flexibility index (Phi) is 4.46. The fourth-order valence-electron chi connectivity index (χ4n) is 7.95. The zero-order valence-electron chi connectivity index (χ0n) is 16.5. The van der Waals surface area contributed by atoms with E-state index in [2.05, 4.69) is 22.5 Å². The van der Waals surface area contributed by atoms with E-state index >= 15 is 0 Å². The highest BCUT2D eigenvalue weighted by atomic mass is 16.2. The quantitative estimate of drug-likeness (QED) is 0.795. The summed E-state index contributed by atoms with van der Waals surface area (Å²) in [6.07, 6.45) is 15.6. The normalized spacial score (nSPS) is 47.0. The van der Waals surface area contributed by atoms with Crippen LogP contribution in [0.5, 0.6) is 0 Å². The van der Waals surface area contributed by atoms with Gasteiger partial charge in [-0.25, -0.2) is 4.79 Å². The lowest BCUT2D eigenvalue weighted by molar-refractivity contribution is -0.0144. The zero-order chi connectivity index (χ0) is 17.7. The van der Waals surface area contributed by atoms with Gasteiger partial charge in [0, 0.05) is 23.7 Å². The molecule has 0 aromatic heterocycles. The first-order valence-electron chi connectivity index (χ1n) is 11.5. The predicted molar refractivity (Wildman–Crippen MR) is 104 cm³/mol. The van der Waals surface area contributed by atoms with Crippen LogP contribution in [-0.2, 0) is 0 Å². The summed E-state index contributed by atoms with van der Waals surface area (Å²) >= 11 is 0. The SMILES string of the molecule is CCCN1[C@@H]2CCC[C@H]1CC(NC(=O)NC13CC4CC(CC(C4)C1)C3)C2. The predicted octanol–water partition coefficient (Wildman–Crippen LogP) is 4.05. The lowest BCUT2D eigenvalue weighted by atomic mass is 9.53. The van der Waals surface area contributed by atoms with Crippen molar-refractivity contribution >= 4 is 6.03 Å². The average Bonchev–Trinajstić information content (AvgIpc) is 2.53. The topological polar surface area (TPSA) is 44.4 Å². The maximum Gasteiger partial charge on any atom is 0.315 e. The number of nitrogens with one attached hydrogen (secondary N) is 2. The fourth-order valence-corrected chi connectivity index (χ4v) is 7.95. The molecule has 2 aliphatic heterocycles. The first-order valence-corrected chi connectivity index (χ1v) is 11.5. The van der Waals surface area contributed by atoms with Crippen molar-refractivity contribution < 1.29 is 4.79 Å². The highest BCUT2D eigenvalue weighted by Crippen LogP contribution is 2.55. The van der Waals surface area contributed by atoms with E-state index < -0.39 is 0 Å². The van der Waals surface area contributed by atoms with Crippen LogP contribution in [0.3, 0.4) is 0 Å². The molecule has 0 aromatic carbocycles. The van der Waals surface area contributed by atoms with E-state index in [0.29, 0.717) is 18.1 Å². The number of nitrogens with zero attached hydrogens (tertiary/aromatic N) is 1. The van der Waals surface area contributed by atoms with E-state index in [1.54, 1.807) is 0 Å². The summed E-state index contributed by atoms with van der Waals surface area (Å²) in [5, 5.41) is 6.92. The van der Waals surface area contributed by atoms with Crippen molar-refractivity contribution in [1.29, 1.82) is 0 Å². The zero-order valence-corrected chi connectivity index (χ0v) is 16.5. The molecular formula is C22H37N3O. The second-order valence-corrected chi connectivity index (χ2v) is 10.4. The Bertz CT molecular complexity index is 498. The fraction of sp³-hybridized carbons (Fsp3) is 0.955. The van der Waals surface area contributed by atoms with Gasteiger partial charge in [-0.3, -0.25) is 4.90 Å². The van der Waals surface area contributed by atoms with Gasteiger partial charge < -0.3 is 10.6 Å². The molecule has 146 valence electrons. The summed E-state index contributed by atoms with van der Waals surface area (Å²) in [4.78, 5) is 15.6. The lowest BCUT2D eigenvalue weighted by Gasteiger charge is -2.57. The van der Waals surface area contributed by atoms with Crippen molar-refractivity contribution in [3.8, 4) is 0 Å². The Morgan fingerprint density at radius 3 is 2.08 bits per heavy atom. The van der Waals surface area contributed by atoms with Gasteiger partial charge in [-0.2, -0.15) is 0 Å². The number of carbonyl (C=O) groups excluding carboxylic acids is 1. The monoisotopic (exact) mass is 359 g/mol. The third-order valence-corrected chi connectivity index (χ3v) is 8.36. The van der Waals surface area contributed by atoms with Gasteiger partial charge in [0.2, 0.25) is 0 Å². The summed E-state index contributed by atoms with van der Waals surface area (Å²) in [5.74, 6) is 2.66. The smallest absolute Gasteiger partial charge is 0.315 e. The Labute approximate surface area is 158 Å². The van der Waals surface area contributed by atoms with Gasteiger partial charge in [-0.1, -0.05) is 13.3 Å². The van der Waals surface area contributed by atoms with Crippen LogP contribution >= 0.6 is 0 Å². The van der Waals surface area contributed by atoms with E-state index in [9.17, 15) is 4.79 Å². The molecule has 4 saturated carbocycles. The number of hydrogen-bond donors (Lipinski definition) is 2. The van der Waals surface area contributed by atoms with Crippen LogP contribution in [-0.4, -0.2) is 41.1 Å². The Hall–Kier alpha value is -0.770. The summed E-state index contributed by atoms with van der Waals surface area (Å²) in [6, 6.07) is 1.92. The van der Waals surface area contributed by atoms with Gasteiger partial charge >= 0.3 is 6.03 Å². The second-order valence-electron chi connectivity index (χ2n) is 10.4. The minimum atomic E-state index is 0.137. The molecule has 6 bridgehead atoms. The molecule has 2 saturated heterocycles. The molecule has 0 radical (unpaired) electrons. The molecule has 0 spiro atoms. The van der Waals surface area contributed by atoms with E-state index in [-0.39, 0.29) is 11.6 Å². The summed E-state index contributed by atoms with van der Waals surface area (Å²) in [5.41, 5.74) is 0.137. The maximum absolute atomic E-state index is 12.9. The Morgan fingerprint density at radius 1 is 0.962 bits per heavy atom. The van der Waals surface area contributed by atoms with Crippen LogP contribution in [0.15, 0.2) is 0 Å². The lowest BCUT2D eigenvalue weighted by Crippen LogP contribution is -2.63. The van der Waals surface area contributed by atoms with E-state index in [1.165, 1.54) is 70.8 Å². The second kappa shape index (κ2) is 6.68. The largest absolute Gasteiger partial charge is 0.335 e. The van der Waals surface area contributed by atoms with Crippen molar-refractivity contribution in [2.75, 3.05) is 6.54 Å². The molecule has 2 amide bonds. The van der Waals surface area contributed by atoms with Crippen molar-refractivity contribution in [2.45, 2.75) is 108 Å². The number of urea groups is 1. The van der Waals surface area contributed by atoms with Gasteiger partial charge in [0.05, 0.1) is 0 Å². The Balaban J connectivity index is 1.19. The number of fused-ring (bicyclic) bond motifs is 2. The van der Waals surface area contributed by atoms with Crippen molar-refractivity contribution in [2.24, 2.45) is 17.8 Å². The number of carbonyl (C=O) groups is 1. The molecule has 26 heavy (non-hydrogen) atoms. The summed E-state index contributed by atoms with van der Waals surface area (Å²) in [6.45, 7) is 3.53. The molecule has 4 aliphatic carbocycles. The number of rotatable bonds is 4. The van der Waals surface area contributed by atoms with Crippen molar-refractivity contribution in [3.05, 3.63) is 0 Å². The van der Waals surface area contributed by atoms with Crippen LogP contribution in [0.2, 0.25) is 0 Å². The molecule has 4 heteroatoms. The molecule has 1 unspecified atom stereocenters. The Morgan fingerprint density at radius 2 is 1.54 bits per heavy atom. The number of hydrogen-bond acceptors (Lipinski definition) is 2. The number of piperidine rings is 2. The van der Waals surface area contributed by atoms with Crippen LogP contribution in [0.25, 0.3) is 0 Å². The third kappa shape index (κ3) is 3.16. The van der Waals surface area contributed by atoms with Gasteiger partial charge in [0.15, 0.2) is 0 Å². The minimum absolute atomic E-state index is 0.137. The highest BCUT2D eigenvalue weighted by molar-refractivity contribution is 5.75. The highest BCUT2D eigenvalue weighted by Gasteiger charge is 2.51. The molecule has 6 rings (SSSR count). The van der Waals surface area contributed by atoms with Crippen LogP contribution < -0.4 is 10.6 Å². The average molecular weight is 360 g/mol. The van der Waals surface area contributed by atoms with Crippen molar-refractivity contribution in [1.82, 2.24) is 15.5 Å². The van der Waals surface area contributed by atoms with Crippen LogP contribution in [0.4, 0.5) is 4.79 Å². The van der Waals surface area contributed by atoms with Gasteiger partial charge in [-0.15, -0.1) is 0 Å².